The summed E-state index contributed by atoms with van der Waals surface area (Å²) >= 11 is 8.33. The van der Waals surface area contributed by atoms with E-state index in [1.807, 2.05) is 39.1 Å². The standard InChI is InChI=1S/C12H17ClINO/c1-8(2)16-7-12(15-3)10-6-9(13)4-5-11(10)14/h4-6,8,12,15H,7H2,1-3H3. The second-order valence-electron chi connectivity index (χ2n) is 3.89. The number of hydrogen-bond acceptors (Lipinski definition) is 2. The van der Waals surface area contributed by atoms with Crippen LogP contribution in [0.1, 0.15) is 25.5 Å². The van der Waals surface area contributed by atoms with Gasteiger partial charge in [0.2, 0.25) is 0 Å². The van der Waals surface area contributed by atoms with E-state index in [0.717, 1.165) is 5.02 Å². The number of likely N-dealkylation sites (N-methyl/N-ethyl adjacent to an activating group) is 1. The zero-order chi connectivity index (χ0) is 12.1. The summed E-state index contributed by atoms with van der Waals surface area (Å²) in [4.78, 5) is 0. The van der Waals surface area contributed by atoms with E-state index >= 15 is 0 Å². The molecular weight excluding hydrogens is 336 g/mol. The van der Waals surface area contributed by atoms with Crippen molar-refractivity contribution in [2.75, 3.05) is 13.7 Å². The molecule has 0 amide bonds. The molecular formula is C12H17ClINO. The summed E-state index contributed by atoms with van der Waals surface area (Å²) < 4.78 is 6.84. The first-order valence-electron chi connectivity index (χ1n) is 5.28. The van der Waals surface area contributed by atoms with Gasteiger partial charge in [-0.05, 0) is 67.2 Å². The van der Waals surface area contributed by atoms with Gasteiger partial charge in [0.1, 0.15) is 0 Å². The van der Waals surface area contributed by atoms with E-state index < -0.39 is 0 Å². The van der Waals surface area contributed by atoms with Gasteiger partial charge in [0, 0.05) is 8.59 Å². The van der Waals surface area contributed by atoms with E-state index in [1.54, 1.807) is 0 Å². The minimum atomic E-state index is 0.188. The summed E-state index contributed by atoms with van der Waals surface area (Å²) in [7, 11) is 1.94. The van der Waals surface area contributed by atoms with Gasteiger partial charge in [0.25, 0.3) is 0 Å². The quantitative estimate of drug-likeness (QED) is 0.816. The van der Waals surface area contributed by atoms with Crippen molar-refractivity contribution in [3.63, 3.8) is 0 Å². The number of halogens is 2. The minimum Gasteiger partial charge on any atom is -0.377 e. The zero-order valence-corrected chi connectivity index (χ0v) is 12.7. The normalized spacial score (nSPS) is 13.1. The second-order valence-corrected chi connectivity index (χ2v) is 5.49. The van der Waals surface area contributed by atoms with Crippen LogP contribution < -0.4 is 5.32 Å². The van der Waals surface area contributed by atoms with Gasteiger partial charge in [-0.2, -0.15) is 0 Å². The first-order chi connectivity index (χ1) is 7.54. The van der Waals surface area contributed by atoms with Gasteiger partial charge in [-0.25, -0.2) is 0 Å². The van der Waals surface area contributed by atoms with Crippen LogP contribution in [0.5, 0.6) is 0 Å². The minimum absolute atomic E-state index is 0.188. The Kier molecular flexibility index (Phi) is 6.03. The molecule has 4 heteroatoms. The van der Waals surface area contributed by atoms with Gasteiger partial charge >= 0.3 is 0 Å². The summed E-state index contributed by atoms with van der Waals surface area (Å²) in [5.74, 6) is 0. The number of hydrogen-bond donors (Lipinski definition) is 1. The van der Waals surface area contributed by atoms with Crippen LogP contribution in [0.4, 0.5) is 0 Å². The van der Waals surface area contributed by atoms with Crippen LogP contribution in [0.15, 0.2) is 18.2 Å². The highest BCUT2D eigenvalue weighted by Gasteiger charge is 2.13. The van der Waals surface area contributed by atoms with Crippen molar-refractivity contribution in [2.24, 2.45) is 0 Å². The Labute approximate surface area is 116 Å². The molecule has 0 saturated carbocycles. The molecule has 1 aromatic carbocycles. The molecule has 0 aliphatic carbocycles. The maximum absolute atomic E-state index is 6.01. The van der Waals surface area contributed by atoms with Gasteiger partial charge in [0.05, 0.1) is 18.8 Å². The molecule has 0 fully saturated rings. The summed E-state index contributed by atoms with van der Waals surface area (Å²) in [5, 5.41) is 4.02. The van der Waals surface area contributed by atoms with E-state index in [4.69, 9.17) is 16.3 Å². The van der Waals surface area contributed by atoms with E-state index in [9.17, 15) is 0 Å². The van der Waals surface area contributed by atoms with Crippen molar-refractivity contribution in [3.05, 3.63) is 32.4 Å². The third kappa shape index (κ3) is 4.20. The Balaban J connectivity index is 2.81. The number of rotatable bonds is 5. The molecule has 0 aromatic heterocycles. The predicted octanol–water partition coefficient (Wildman–Crippen LogP) is 3.63. The largest absolute Gasteiger partial charge is 0.377 e. The SMILES string of the molecule is CNC(COC(C)C)c1cc(Cl)ccc1I. The maximum Gasteiger partial charge on any atom is 0.0665 e. The molecule has 0 aliphatic rings. The third-order valence-corrected chi connectivity index (χ3v) is 3.50. The van der Waals surface area contributed by atoms with Crippen LogP contribution in [0.2, 0.25) is 5.02 Å². The van der Waals surface area contributed by atoms with Gasteiger partial charge in [-0.3, -0.25) is 0 Å². The van der Waals surface area contributed by atoms with Crippen molar-refractivity contribution < 1.29 is 4.74 Å². The average Bonchev–Trinajstić information content (AvgIpc) is 2.23. The first kappa shape index (κ1) is 14.2. The van der Waals surface area contributed by atoms with Crippen LogP contribution >= 0.6 is 34.2 Å². The lowest BCUT2D eigenvalue weighted by Crippen LogP contribution is -2.24. The van der Waals surface area contributed by atoms with Crippen LogP contribution in [0.25, 0.3) is 0 Å². The molecule has 1 atom stereocenters. The molecule has 0 heterocycles. The molecule has 16 heavy (non-hydrogen) atoms. The predicted molar refractivity (Wildman–Crippen MR) is 77.1 cm³/mol. The Hall–Kier alpha value is 0.160. The molecule has 0 spiro atoms. The maximum atomic E-state index is 6.01. The molecule has 0 saturated heterocycles. The van der Waals surface area contributed by atoms with Crippen molar-refractivity contribution in [2.45, 2.75) is 26.0 Å². The lowest BCUT2D eigenvalue weighted by molar-refractivity contribution is 0.0625. The number of ether oxygens (including phenoxy) is 1. The third-order valence-electron chi connectivity index (χ3n) is 2.28. The number of nitrogens with one attached hydrogen (secondary N) is 1. The molecule has 0 bridgehead atoms. The molecule has 1 N–H and O–H groups in total. The van der Waals surface area contributed by atoms with Gasteiger partial charge in [-0.15, -0.1) is 0 Å². The average molecular weight is 354 g/mol. The van der Waals surface area contributed by atoms with Crippen LogP contribution in [0, 0.1) is 3.57 Å². The van der Waals surface area contributed by atoms with Gasteiger partial charge in [-0.1, -0.05) is 11.6 Å². The fourth-order valence-electron chi connectivity index (χ4n) is 1.40. The van der Waals surface area contributed by atoms with Gasteiger partial charge < -0.3 is 10.1 Å². The highest BCUT2D eigenvalue weighted by atomic mass is 127. The first-order valence-corrected chi connectivity index (χ1v) is 6.74. The highest BCUT2D eigenvalue weighted by molar-refractivity contribution is 14.1. The molecule has 0 radical (unpaired) electrons. The number of benzene rings is 1. The summed E-state index contributed by atoms with van der Waals surface area (Å²) in [6.45, 7) is 4.73. The molecule has 90 valence electrons. The van der Waals surface area contributed by atoms with E-state index in [1.165, 1.54) is 9.13 Å². The Morgan fingerprint density at radius 1 is 1.44 bits per heavy atom. The van der Waals surface area contributed by atoms with E-state index in [0.29, 0.717) is 6.61 Å². The van der Waals surface area contributed by atoms with Crippen molar-refractivity contribution in [1.29, 1.82) is 0 Å². The molecule has 0 aliphatic heterocycles. The Morgan fingerprint density at radius 2 is 2.12 bits per heavy atom. The van der Waals surface area contributed by atoms with Crippen molar-refractivity contribution in [1.82, 2.24) is 5.32 Å². The Morgan fingerprint density at radius 3 is 2.69 bits per heavy atom. The zero-order valence-electron chi connectivity index (χ0n) is 9.76. The lowest BCUT2D eigenvalue weighted by Gasteiger charge is -2.20. The molecule has 1 aromatic rings. The van der Waals surface area contributed by atoms with Crippen LogP contribution in [-0.2, 0) is 4.74 Å². The highest BCUT2D eigenvalue weighted by Crippen LogP contribution is 2.24. The summed E-state index contributed by atoms with van der Waals surface area (Å²) in [6.07, 6.45) is 0.243. The van der Waals surface area contributed by atoms with Gasteiger partial charge in [0.15, 0.2) is 0 Å². The van der Waals surface area contributed by atoms with E-state index in [-0.39, 0.29) is 12.1 Å². The second kappa shape index (κ2) is 6.79. The summed E-state index contributed by atoms with van der Waals surface area (Å²) in [5.41, 5.74) is 1.19. The smallest absolute Gasteiger partial charge is 0.0665 e. The van der Waals surface area contributed by atoms with Crippen molar-refractivity contribution >= 4 is 34.2 Å². The monoisotopic (exact) mass is 353 g/mol. The molecule has 2 nitrogen and oxygen atoms in total. The van der Waals surface area contributed by atoms with Crippen LogP contribution in [0.3, 0.4) is 0 Å². The topological polar surface area (TPSA) is 21.3 Å². The lowest BCUT2D eigenvalue weighted by atomic mass is 10.1. The van der Waals surface area contributed by atoms with Crippen molar-refractivity contribution in [3.8, 4) is 0 Å². The molecule has 1 rings (SSSR count). The van der Waals surface area contributed by atoms with E-state index in [2.05, 4.69) is 27.9 Å². The summed E-state index contributed by atoms with van der Waals surface area (Å²) in [6, 6.07) is 6.11. The molecule has 1 unspecified atom stereocenters. The fourth-order valence-corrected chi connectivity index (χ4v) is 2.29. The fraction of sp³-hybridized carbons (Fsp3) is 0.500. The van der Waals surface area contributed by atoms with Crippen LogP contribution in [-0.4, -0.2) is 19.8 Å². The Bertz CT molecular complexity index is 344.